The molecule has 196 valence electrons. The van der Waals surface area contributed by atoms with Gasteiger partial charge in [0, 0.05) is 17.9 Å². The molecule has 0 unspecified atom stereocenters. The second-order valence-corrected chi connectivity index (χ2v) is 14.8. The van der Waals surface area contributed by atoms with Gasteiger partial charge >= 0.3 is 5.97 Å². The van der Waals surface area contributed by atoms with E-state index in [-0.39, 0.29) is 57.4 Å². The average molecular weight is 487 g/mol. The Kier molecular flexibility index (Phi) is 5.40. The maximum absolute atomic E-state index is 14.2. The molecule has 0 aromatic heterocycles. The quantitative estimate of drug-likeness (QED) is 0.487. The Morgan fingerprint density at radius 2 is 1.63 bits per heavy atom. The molecule has 0 spiro atoms. The van der Waals surface area contributed by atoms with Crippen molar-refractivity contribution in [2.75, 3.05) is 6.61 Å². The first-order valence-corrected chi connectivity index (χ1v) is 13.9. The molecule has 5 nitrogen and oxygen atoms in total. The Morgan fingerprint density at radius 1 is 0.971 bits per heavy atom. The molecule has 35 heavy (non-hydrogen) atoms. The van der Waals surface area contributed by atoms with E-state index < -0.39 is 11.4 Å². The van der Waals surface area contributed by atoms with Crippen LogP contribution in [0.5, 0.6) is 0 Å². The Hall–Kier alpha value is -1.20. The van der Waals surface area contributed by atoms with Crippen LogP contribution in [0.2, 0.25) is 0 Å². The largest absolute Gasteiger partial charge is 0.481 e. The van der Waals surface area contributed by atoms with E-state index in [0.717, 1.165) is 44.1 Å². The van der Waals surface area contributed by atoms with E-state index in [1.54, 1.807) is 0 Å². The van der Waals surface area contributed by atoms with E-state index in [0.29, 0.717) is 25.2 Å². The Morgan fingerprint density at radius 3 is 2.26 bits per heavy atom. The van der Waals surface area contributed by atoms with Gasteiger partial charge in [0.15, 0.2) is 5.78 Å². The molecule has 5 heteroatoms. The molecule has 5 rings (SSSR count). The Balaban J connectivity index is 1.63. The highest BCUT2D eigenvalue weighted by Crippen LogP contribution is 2.75. The van der Waals surface area contributed by atoms with Crippen molar-refractivity contribution in [3.05, 3.63) is 11.6 Å². The van der Waals surface area contributed by atoms with Gasteiger partial charge in [0.2, 0.25) is 0 Å². The van der Waals surface area contributed by atoms with Crippen molar-refractivity contribution in [3.8, 4) is 0 Å². The zero-order valence-electron chi connectivity index (χ0n) is 22.6. The number of aliphatic carboxylic acids is 1. The number of aliphatic hydroxyl groups is 2. The number of carbonyl (C=O) groups is 2. The van der Waals surface area contributed by atoms with Gasteiger partial charge in [0.1, 0.15) is 0 Å². The molecule has 9 atom stereocenters. The van der Waals surface area contributed by atoms with E-state index in [9.17, 15) is 24.9 Å². The highest BCUT2D eigenvalue weighted by Gasteiger charge is 2.70. The minimum atomic E-state index is -0.823. The molecular weight excluding hydrogens is 440 g/mol. The third-order valence-corrected chi connectivity index (χ3v) is 13.1. The molecule has 0 heterocycles. The van der Waals surface area contributed by atoms with Gasteiger partial charge in [-0.2, -0.15) is 0 Å². The van der Waals surface area contributed by atoms with E-state index in [2.05, 4.69) is 34.6 Å². The van der Waals surface area contributed by atoms with Crippen LogP contribution in [0.4, 0.5) is 0 Å². The van der Waals surface area contributed by atoms with E-state index in [4.69, 9.17) is 0 Å². The number of allylic oxidation sites excluding steroid dienone is 2. The van der Waals surface area contributed by atoms with Gasteiger partial charge in [-0.25, -0.2) is 0 Å². The molecule has 3 N–H and O–H groups in total. The predicted molar refractivity (Wildman–Crippen MR) is 134 cm³/mol. The molecule has 0 amide bonds. The van der Waals surface area contributed by atoms with E-state index in [1.807, 2.05) is 13.0 Å². The number of rotatable bonds is 2. The van der Waals surface area contributed by atoms with Crippen molar-refractivity contribution in [2.24, 2.45) is 50.2 Å². The van der Waals surface area contributed by atoms with Gasteiger partial charge in [-0.3, -0.25) is 9.59 Å². The number of carboxylic acid groups (broad SMARTS) is 1. The van der Waals surface area contributed by atoms with Gasteiger partial charge in [0.05, 0.1) is 11.5 Å². The molecule has 5 aliphatic rings. The molecule has 0 saturated heterocycles. The zero-order valence-corrected chi connectivity index (χ0v) is 22.6. The Labute approximate surface area is 210 Å². The van der Waals surface area contributed by atoms with Gasteiger partial charge in [-0.1, -0.05) is 40.2 Å². The number of fused-ring (bicyclic) bond motifs is 7. The highest BCUT2D eigenvalue weighted by atomic mass is 16.4. The number of ketones is 1. The maximum atomic E-state index is 14.2. The van der Waals surface area contributed by atoms with Gasteiger partial charge < -0.3 is 15.3 Å². The number of aliphatic hydroxyl groups excluding tert-OH is 2. The number of carbonyl (C=O) groups excluding carboxylic acids is 1. The Bertz CT molecular complexity index is 983. The fourth-order valence-corrected chi connectivity index (χ4v) is 10.5. The molecule has 5 aliphatic carbocycles. The van der Waals surface area contributed by atoms with Gasteiger partial charge in [-0.15, -0.1) is 0 Å². The van der Waals surface area contributed by atoms with Crippen LogP contribution in [-0.2, 0) is 9.59 Å². The summed E-state index contributed by atoms with van der Waals surface area (Å²) in [7, 11) is 0. The van der Waals surface area contributed by atoms with Crippen LogP contribution in [0, 0.1) is 50.2 Å². The first-order chi connectivity index (χ1) is 16.1. The molecule has 0 aliphatic heterocycles. The minimum Gasteiger partial charge on any atom is -0.481 e. The SMILES string of the molecule is CC1(C)[C@@H](O)CC[C@@]2(C)[C@H]1CC[C@]1(C)[C@H]2C(=O)C=C2[C@@H]3C[C@@](C)(C(=O)O)CC[C@]3(CO)CC[C@]21C. The lowest BCUT2D eigenvalue weighted by Crippen LogP contribution is -2.67. The molecule has 4 saturated carbocycles. The van der Waals surface area contributed by atoms with E-state index >= 15 is 0 Å². The number of carboxylic acids is 1. The molecular formula is C30H46O5. The van der Waals surface area contributed by atoms with Crippen LogP contribution in [0.15, 0.2) is 11.6 Å². The standard InChI is InChI=1S/C30H46O5/c1-25(2)21-7-10-29(6)23(27(21,4)9-8-22(25)33)20(32)15-18-19-16-26(3,24(34)35)11-13-30(19,17-31)14-12-28(18,29)5/h15,19,21-23,31,33H,7-14,16-17H2,1-6H3,(H,34,35)/t19-,21-,22-,23-,26-,27-,28+,29+,30+/m0/s1. The lowest BCUT2D eigenvalue weighted by molar-refractivity contribution is -0.204. The summed E-state index contributed by atoms with van der Waals surface area (Å²) in [4.78, 5) is 26.5. The predicted octanol–water partition coefficient (Wildman–Crippen LogP) is 5.39. The first kappa shape index (κ1) is 25.4. The van der Waals surface area contributed by atoms with Crippen molar-refractivity contribution >= 4 is 11.8 Å². The maximum Gasteiger partial charge on any atom is 0.309 e. The summed E-state index contributed by atoms with van der Waals surface area (Å²) in [5.74, 6) is -0.428. The second-order valence-electron chi connectivity index (χ2n) is 14.8. The lowest BCUT2D eigenvalue weighted by Gasteiger charge is -2.70. The van der Waals surface area contributed by atoms with Crippen molar-refractivity contribution in [3.63, 3.8) is 0 Å². The summed E-state index contributed by atoms with van der Waals surface area (Å²) < 4.78 is 0. The number of hydrogen-bond acceptors (Lipinski definition) is 4. The van der Waals surface area contributed by atoms with Crippen LogP contribution in [0.25, 0.3) is 0 Å². The average Bonchev–Trinajstić information content (AvgIpc) is 2.78. The molecule has 0 aromatic rings. The van der Waals surface area contributed by atoms with Crippen LogP contribution in [0.1, 0.15) is 99.3 Å². The number of hydrogen-bond donors (Lipinski definition) is 3. The highest BCUT2D eigenvalue weighted by molar-refractivity contribution is 5.95. The summed E-state index contributed by atoms with van der Waals surface area (Å²) >= 11 is 0. The fourth-order valence-electron chi connectivity index (χ4n) is 10.5. The first-order valence-electron chi connectivity index (χ1n) is 13.9. The normalized spacial score (nSPS) is 52.9. The summed E-state index contributed by atoms with van der Waals surface area (Å²) in [6.07, 6.45) is 8.76. The minimum absolute atomic E-state index is 0.0565. The summed E-state index contributed by atoms with van der Waals surface area (Å²) in [5, 5.41) is 31.5. The van der Waals surface area contributed by atoms with Crippen LogP contribution in [-0.4, -0.2) is 39.8 Å². The molecule has 0 bridgehead atoms. The topological polar surface area (TPSA) is 94.8 Å². The molecule has 0 aromatic carbocycles. The lowest BCUT2D eigenvalue weighted by atomic mass is 9.33. The van der Waals surface area contributed by atoms with Crippen LogP contribution in [0.3, 0.4) is 0 Å². The summed E-state index contributed by atoms with van der Waals surface area (Å²) in [5.41, 5.74) is -0.795. The fraction of sp³-hybridized carbons (Fsp3) is 0.867. The summed E-state index contributed by atoms with van der Waals surface area (Å²) in [6.45, 7) is 13.3. The molecule has 4 fully saturated rings. The van der Waals surface area contributed by atoms with Crippen molar-refractivity contribution in [2.45, 2.75) is 105 Å². The van der Waals surface area contributed by atoms with Crippen molar-refractivity contribution < 1.29 is 24.9 Å². The van der Waals surface area contributed by atoms with Crippen molar-refractivity contribution in [1.82, 2.24) is 0 Å². The second kappa shape index (κ2) is 7.43. The third-order valence-electron chi connectivity index (χ3n) is 13.1. The monoisotopic (exact) mass is 486 g/mol. The smallest absolute Gasteiger partial charge is 0.309 e. The third kappa shape index (κ3) is 3.00. The van der Waals surface area contributed by atoms with Crippen LogP contribution >= 0.6 is 0 Å². The van der Waals surface area contributed by atoms with Gasteiger partial charge in [0.25, 0.3) is 0 Å². The van der Waals surface area contributed by atoms with Crippen molar-refractivity contribution in [1.29, 1.82) is 0 Å². The summed E-state index contributed by atoms with van der Waals surface area (Å²) in [6, 6.07) is 0. The van der Waals surface area contributed by atoms with Crippen LogP contribution < -0.4 is 0 Å². The zero-order chi connectivity index (χ0) is 25.8. The van der Waals surface area contributed by atoms with Gasteiger partial charge in [-0.05, 0) is 104 Å². The molecule has 0 radical (unpaired) electrons. The van der Waals surface area contributed by atoms with E-state index in [1.165, 1.54) is 0 Å².